The largest absolute Gasteiger partial charge is 0.497 e. The third-order valence-electron chi connectivity index (χ3n) is 4.84. The van der Waals surface area contributed by atoms with Crippen molar-refractivity contribution in [2.75, 3.05) is 14.2 Å². The molecular weight excluding hydrogens is 485 g/mol. The lowest BCUT2D eigenvalue weighted by molar-refractivity contribution is 0.394. The van der Waals surface area contributed by atoms with E-state index < -0.39 is 15.8 Å². The molecule has 0 heterocycles. The van der Waals surface area contributed by atoms with E-state index in [4.69, 9.17) is 9.47 Å². The Hall–Kier alpha value is -2.42. The predicted octanol–water partition coefficient (Wildman–Crippen LogP) is 5.13. The van der Waals surface area contributed by atoms with Crippen molar-refractivity contribution >= 4 is 26.0 Å². The first-order chi connectivity index (χ1) is 14.9. The van der Waals surface area contributed by atoms with Crippen molar-refractivity contribution in [1.82, 2.24) is 4.31 Å². The van der Waals surface area contributed by atoms with Gasteiger partial charge in [0, 0.05) is 18.4 Å². The van der Waals surface area contributed by atoms with Crippen LogP contribution in [0, 0.1) is 5.82 Å². The normalized spacial score (nSPS) is 11.5. The van der Waals surface area contributed by atoms with E-state index in [1.54, 1.807) is 74.9 Å². The van der Waals surface area contributed by atoms with Gasteiger partial charge in [-0.1, -0.05) is 52.3 Å². The molecule has 3 aromatic rings. The number of hydrogen-bond donors (Lipinski definition) is 0. The highest BCUT2D eigenvalue weighted by atomic mass is 79.9. The summed E-state index contributed by atoms with van der Waals surface area (Å²) in [6, 6.07) is 18.6. The molecule has 0 saturated carbocycles. The number of nitrogens with zero attached hydrogens (tertiary/aromatic N) is 1. The van der Waals surface area contributed by atoms with Crippen molar-refractivity contribution in [2.24, 2.45) is 0 Å². The van der Waals surface area contributed by atoms with Gasteiger partial charge >= 0.3 is 0 Å². The monoisotopic (exact) mass is 507 g/mol. The molecule has 0 aromatic heterocycles. The smallest absolute Gasteiger partial charge is 0.246 e. The molecule has 0 aliphatic heterocycles. The Morgan fingerprint density at radius 3 is 1.74 bits per heavy atom. The molecule has 0 aliphatic carbocycles. The SMILES string of the molecule is COc1ccc(CN(Cc2ccc(OC)cc2)S(=O)(=O)c2cccc(CBr)c2F)cc1. The minimum Gasteiger partial charge on any atom is -0.497 e. The minimum atomic E-state index is -4.12. The predicted molar refractivity (Wildman–Crippen MR) is 121 cm³/mol. The van der Waals surface area contributed by atoms with Crippen LogP contribution in [0.1, 0.15) is 16.7 Å². The van der Waals surface area contributed by atoms with Crippen LogP contribution in [0.4, 0.5) is 4.39 Å². The Morgan fingerprint density at radius 1 is 0.839 bits per heavy atom. The van der Waals surface area contributed by atoms with Crippen LogP contribution in [0.2, 0.25) is 0 Å². The van der Waals surface area contributed by atoms with Crippen LogP contribution < -0.4 is 9.47 Å². The van der Waals surface area contributed by atoms with Crippen molar-refractivity contribution in [2.45, 2.75) is 23.3 Å². The fourth-order valence-electron chi connectivity index (χ4n) is 3.09. The van der Waals surface area contributed by atoms with E-state index in [9.17, 15) is 12.8 Å². The van der Waals surface area contributed by atoms with Crippen LogP contribution in [-0.2, 0) is 28.4 Å². The van der Waals surface area contributed by atoms with Gasteiger partial charge in [0.05, 0.1) is 14.2 Å². The number of methoxy groups -OCH3 is 2. The van der Waals surface area contributed by atoms with E-state index in [0.717, 1.165) is 11.1 Å². The van der Waals surface area contributed by atoms with Gasteiger partial charge in [-0.15, -0.1) is 0 Å². The van der Waals surface area contributed by atoms with Gasteiger partial charge in [-0.25, -0.2) is 12.8 Å². The molecule has 0 saturated heterocycles. The Balaban J connectivity index is 2.00. The van der Waals surface area contributed by atoms with Crippen LogP contribution in [-0.4, -0.2) is 26.9 Å². The van der Waals surface area contributed by atoms with Gasteiger partial charge in [-0.3, -0.25) is 0 Å². The lowest BCUT2D eigenvalue weighted by Gasteiger charge is -2.23. The lowest BCUT2D eigenvalue weighted by atomic mass is 10.2. The van der Waals surface area contributed by atoms with Crippen molar-refractivity contribution in [1.29, 1.82) is 0 Å². The molecule has 0 aliphatic rings. The van der Waals surface area contributed by atoms with Gasteiger partial charge in [0.25, 0.3) is 0 Å². The molecule has 3 aromatic carbocycles. The molecule has 31 heavy (non-hydrogen) atoms. The first-order valence-corrected chi connectivity index (χ1v) is 12.0. The summed E-state index contributed by atoms with van der Waals surface area (Å²) in [5.74, 6) is 0.600. The number of ether oxygens (including phenoxy) is 2. The van der Waals surface area contributed by atoms with E-state index in [0.29, 0.717) is 11.5 Å². The Morgan fingerprint density at radius 2 is 1.32 bits per heavy atom. The third kappa shape index (κ3) is 5.44. The number of alkyl halides is 1. The average Bonchev–Trinajstić information content (AvgIpc) is 2.79. The fraction of sp³-hybridized carbons (Fsp3) is 0.217. The second-order valence-electron chi connectivity index (χ2n) is 6.83. The third-order valence-corrected chi connectivity index (χ3v) is 7.25. The summed E-state index contributed by atoms with van der Waals surface area (Å²) in [4.78, 5) is -0.341. The molecule has 0 radical (unpaired) electrons. The van der Waals surface area contributed by atoms with E-state index in [1.807, 2.05) is 0 Å². The molecule has 0 N–H and O–H groups in total. The molecular formula is C23H23BrFNO4S. The Bertz CT molecular complexity index is 1070. The summed E-state index contributed by atoms with van der Waals surface area (Å²) >= 11 is 3.21. The maximum absolute atomic E-state index is 14.9. The minimum absolute atomic E-state index is 0.0797. The summed E-state index contributed by atoms with van der Waals surface area (Å²) < 4.78 is 53.5. The van der Waals surface area contributed by atoms with Crippen LogP contribution in [0.3, 0.4) is 0 Å². The summed E-state index contributed by atoms with van der Waals surface area (Å²) in [6.07, 6.45) is 0. The van der Waals surface area contributed by atoms with Gasteiger partial charge in [-0.2, -0.15) is 4.31 Å². The Kier molecular flexibility index (Phi) is 7.69. The summed E-state index contributed by atoms with van der Waals surface area (Å²) in [7, 11) is -0.988. The number of rotatable bonds is 9. The maximum Gasteiger partial charge on any atom is 0.246 e. The zero-order chi connectivity index (χ0) is 22.4. The molecule has 0 bridgehead atoms. The zero-order valence-electron chi connectivity index (χ0n) is 17.2. The number of halogens is 2. The zero-order valence-corrected chi connectivity index (χ0v) is 19.6. The van der Waals surface area contributed by atoms with Gasteiger partial charge in [-0.05, 0) is 47.0 Å². The van der Waals surface area contributed by atoms with Gasteiger partial charge in [0.1, 0.15) is 22.2 Å². The van der Waals surface area contributed by atoms with Crippen molar-refractivity contribution in [3.63, 3.8) is 0 Å². The second-order valence-corrected chi connectivity index (χ2v) is 9.30. The fourth-order valence-corrected chi connectivity index (χ4v) is 5.05. The summed E-state index contributed by atoms with van der Waals surface area (Å²) in [5, 5.41) is 0.221. The number of sulfonamides is 1. The van der Waals surface area contributed by atoms with Crippen LogP contribution in [0.15, 0.2) is 71.6 Å². The standard InChI is InChI=1S/C23H23BrFNO4S/c1-29-20-10-6-17(7-11-20)15-26(16-18-8-12-21(30-2)13-9-18)31(27,28)22-5-3-4-19(14-24)23(22)25/h3-13H,14-16H2,1-2H3. The highest BCUT2D eigenvalue weighted by Gasteiger charge is 2.29. The second kappa shape index (κ2) is 10.3. The Labute approximate surface area is 190 Å². The van der Waals surface area contributed by atoms with Crippen LogP contribution >= 0.6 is 15.9 Å². The maximum atomic E-state index is 14.9. The van der Waals surface area contributed by atoms with Crippen LogP contribution in [0.25, 0.3) is 0 Å². The highest BCUT2D eigenvalue weighted by Crippen LogP contribution is 2.27. The van der Waals surface area contributed by atoms with Crippen molar-refractivity contribution in [3.8, 4) is 11.5 Å². The topological polar surface area (TPSA) is 55.8 Å². The molecule has 0 atom stereocenters. The molecule has 164 valence electrons. The number of benzene rings is 3. The molecule has 3 rings (SSSR count). The van der Waals surface area contributed by atoms with Crippen molar-refractivity contribution < 1.29 is 22.3 Å². The quantitative estimate of drug-likeness (QED) is 0.376. The van der Waals surface area contributed by atoms with E-state index in [2.05, 4.69) is 15.9 Å². The molecule has 8 heteroatoms. The lowest BCUT2D eigenvalue weighted by Crippen LogP contribution is -2.31. The first kappa shape index (κ1) is 23.2. The van der Waals surface area contributed by atoms with Gasteiger partial charge in [0.15, 0.2) is 0 Å². The number of hydrogen-bond acceptors (Lipinski definition) is 4. The molecule has 0 fully saturated rings. The first-order valence-electron chi connectivity index (χ1n) is 9.48. The van der Waals surface area contributed by atoms with Gasteiger partial charge in [0.2, 0.25) is 10.0 Å². The average molecular weight is 508 g/mol. The summed E-state index contributed by atoms with van der Waals surface area (Å²) in [5.41, 5.74) is 1.81. The summed E-state index contributed by atoms with van der Waals surface area (Å²) in [6.45, 7) is 0.159. The highest BCUT2D eigenvalue weighted by molar-refractivity contribution is 9.08. The van der Waals surface area contributed by atoms with E-state index in [-0.39, 0.29) is 28.9 Å². The van der Waals surface area contributed by atoms with Crippen LogP contribution in [0.5, 0.6) is 11.5 Å². The molecule has 5 nitrogen and oxygen atoms in total. The van der Waals surface area contributed by atoms with E-state index in [1.165, 1.54) is 10.4 Å². The molecule has 0 unspecified atom stereocenters. The van der Waals surface area contributed by atoms with E-state index >= 15 is 0 Å². The molecule has 0 spiro atoms. The molecule has 0 amide bonds. The van der Waals surface area contributed by atoms with Crippen molar-refractivity contribution in [3.05, 3.63) is 89.2 Å². The van der Waals surface area contributed by atoms with Gasteiger partial charge < -0.3 is 9.47 Å².